The monoisotopic (exact) mass is 477 g/mol. The SMILES string of the molecule is C=CCn1c(SCC(=O)Nc2ccc(Cl)cn2)nnc1C(C)Oc1ccc(Cl)cc1C. The van der Waals surface area contributed by atoms with Crippen molar-refractivity contribution in [2.75, 3.05) is 11.1 Å². The lowest BCUT2D eigenvalue weighted by Gasteiger charge is -2.17. The zero-order valence-electron chi connectivity index (χ0n) is 17.0. The number of amides is 1. The zero-order chi connectivity index (χ0) is 22.4. The summed E-state index contributed by atoms with van der Waals surface area (Å²) in [6.45, 7) is 8.11. The Bertz CT molecular complexity index is 1070. The number of aryl methyl sites for hydroxylation is 1. The molecule has 1 N–H and O–H groups in total. The molecule has 0 aliphatic heterocycles. The molecule has 0 aliphatic carbocycles. The summed E-state index contributed by atoms with van der Waals surface area (Å²) in [5, 5.41) is 13.0. The standard InChI is InChI=1S/C21H21Cl2N5O2S/c1-4-9-28-20(14(3)30-17-7-5-15(22)10-13(17)2)26-27-21(28)31-12-19(29)25-18-8-6-16(23)11-24-18/h4-8,10-11,14H,1,9,12H2,2-3H3,(H,24,25,29). The van der Waals surface area contributed by atoms with Crippen LogP contribution in [-0.4, -0.2) is 31.4 Å². The lowest BCUT2D eigenvalue weighted by atomic mass is 10.2. The van der Waals surface area contributed by atoms with Crippen LogP contribution in [0.3, 0.4) is 0 Å². The van der Waals surface area contributed by atoms with E-state index in [-0.39, 0.29) is 17.8 Å². The average molecular weight is 478 g/mol. The predicted octanol–water partition coefficient (Wildman–Crippen LogP) is 5.35. The largest absolute Gasteiger partial charge is 0.482 e. The van der Waals surface area contributed by atoms with Crippen molar-refractivity contribution >= 4 is 46.7 Å². The normalized spacial score (nSPS) is 11.7. The molecule has 10 heteroatoms. The summed E-state index contributed by atoms with van der Waals surface area (Å²) in [5.74, 6) is 1.72. The minimum absolute atomic E-state index is 0.144. The van der Waals surface area contributed by atoms with Gasteiger partial charge >= 0.3 is 0 Å². The number of rotatable bonds is 9. The van der Waals surface area contributed by atoms with Gasteiger partial charge in [0.2, 0.25) is 5.91 Å². The maximum absolute atomic E-state index is 12.3. The first-order valence-electron chi connectivity index (χ1n) is 9.38. The number of halogens is 2. The van der Waals surface area contributed by atoms with E-state index in [4.69, 9.17) is 27.9 Å². The number of nitrogens with one attached hydrogen (secondary N) is 1. The van der Waals surface area contributed by atoms with Gasteiger partial charge in [0, 0.05) is 17.8 Å². The Morgan fingerprint density at radius 3 is 2.74 bits per heavy atom. The van der Waals surface area contributed by atoms with E-state index in [0.29, 0.717) is 39.1 Å². The summed E-state index contributed by atoms with van der Waals surface area (Å²) in [7, 11) is 0. The number of carbonyl (C=O) groups excluding carboxylic acids is 1. The molecule has 0 fully saturated rings. The zero-order valence-corrected chi connectivity index (χ0v) is 19.3. The number of hydrogen-bond donors (Lipinski definition) is 1. The second-order valence-electron chi connectivity index (χ2n) is 6.61. The summed E-state index contributed by atoms with van der Waals surface area (Å²) in [6, 6.07) is 8.75. The molecule has 162 valence electrons. The van der Waals surface area contributed by atoms with Crippen LogP contribution >= 0.6 is 35.0 Å². The van der Waals surface area contributed by atoms with E-state index < -0.39 is 0 Å². The van der Waals surface area contributed by atoms with Gasteiger partial charge in [-0.2, -0.15) is 0 Å². The van der Waals surface area contributed by atoms with E-state index in [9.17, 15) is 4.79 Å². The van der Waals surface area contributed by atoms with E-state index in [1.165, 1.54) is 18.0 Å². The van der Waals surface area contributed by atoms with Crippen molar-refractivity contribution in [2.24, 2.45) is 0 Å². The highest BCUT2D eigenvalue weighted by Crippen LogP contribution is 2.28. The maximum Gasteiger partial charge on any atom is 0.236 e. The van der Waals surface area contributed by atoms with Crippen molar-refractivity contribution in [3.05, 3.63) is 70.6 Å². The Balaban J connectivity index is 1.68. The summed E-state index contributed by atoms with van der Waals surface area (Å²) in [6.07, 6.45) is 2.85. The Morgan fingerprint density at radius 2 is 2.06 bits per heavy atom. The van der Waals surface area contributed by atoms with Crippen molar-refractivity contribution in [3.63, 3.8) is 0 Å². The molecule has 31 heavy (non-hydrogen) atoms. The van der Waals surface area contributed by atoms with Gasteiger partial charge in [0.1, 0.15) is 11.6 Å². The minimum atomic E-state index is -0.367. The third-order valence-corrected chi connectivity index (χ3v) is 5.61. The second-order valence-corrected chi connectivity index (χ2v) is 8.42. The predicted molar refractivity (Wildman–Crippen MR) is 124 cm³/mol. The molecule has 0 spiro atoms. The van der Waals surface area contributed by atoms with E-state index >= 15 is 0 Å². The quantitative estimate of drug-likeness (QED) is 0.330. The van der Waals surface area contributed by atoms with E-state index in [1.54, 1.807) is 24.3 Å². The molecule has 1 atom stereocenters. The molecule has 3 rings (SSSR count). The lowest BCUT2D eigenvalue weighted by Crippen LogP contribution is -2.16. The van der Waals surface area contributed by atoms with Crippen LogP contribution in [0.5, 0.6) is 5.75 Å². The van der Waals surface area contributed by atoms with Crippen LogP contribution < -0.4 is 10.1 Å². The summed E-state index contributed by atoms with van der Waals surface area (Å²) in [5.41, 5.74) is 0.927. The molecule has 0 saturated heterocycles. The fourth-order valence-corrected chi connectivity index (χ4v) is 3.85. The molecule has 0 radical (unpaired) electrons. The lowest BCUT2D eigenvalue weighted by molar-refractivity contribution is -0.113. The van der Waals surface area contributed by atoms with Crippen LogP contribution in [-0.2, 0) is 11.3 Å². The molecule has 2 aromatic heterocycles. The molecular weight excluding hydrogens is 457 g/mol. The molecule has 1 unspecified atom stereocenters. The van der Waals surface area contributed by atoms with Gasteiger partial charge in [-0.05, 0) is 49.7 Å². The van der Waals surface area contributed by atoms with Crippen LogP contribution in [0.4, 0.5) is 5.82 Å². The number of benzene rings is 1. The fraction of sp³-hybridized carbons (Fsp3) is 0.238. The molecule has 3 aromatic rings. The first-order valence-corrected chi connectivity index (χ1v) is 11.1. The van der Waals surface area contributed by atoms with Crippen LogP contribution in [0.25, 0.3) is 0 Å². The average Bonchev–Trinajstić information content (AvgIpc) is 3.13. The van der Waals surface area contributed by atoms with E-state index in [1.807, 2.05) is 30.5 Å². The number of pyridine rings is 1. The van der Waals surface area contributed by atoms with Crippen molar-refractivity contribution < 1.29 is 9.53 Å². The molecule has 0 saturated carbocycles. The van der Waals surface area contributed by atoms with Crippen molar-refractivity contribution in [3.8, 4) is 5.75 Å². The number of aromatic nitrogens is 4. The molecule has 0 bridgehead atoms. The third kappa shape index (κ3) is 6.22. The first-order chi connectivity index (χ1) is 14.9. The second kappa shape index (κ2) is 10.7. The Labute approximate surface area is 194 Å². The third-order valence-electron chi connectivity index (χ3n) is 4.19. The fourth-order valence-electron chi connectivity index (χ4n) is 2.76. The van der Waals surface area contributed by atoms with Crippen LogP contribution in [0.15, 0.2) is 54.3 Å². The molecule has 1 amide bonds. The number of anilines is 1. The van der Waals surface area contributed by atoms with Crippen LogP contribution in [0.2, 0.25) is 10.0 Å². The van der Waals surface area contributed by atoms with Crippen molar-refractivity contribution in [2.45, 2.75) is 31.7 Å². The molecule has 0 aliphatic rings. The van der Waals surface area contributed by atoms with E-state index in [0.717, 1.165) is 5.56 Å². The maximum atomic E-state index is 12.3. The number of nitrogens with zero attached hydrogens (tertiary/aromatic N) is 4. The van der Waals surface area contributed by atoms with Gasteiger partial charge in [-0.1, -0.05) is 41.0 Å². The number of carbonyl (C=O) groups is 1. The van der Waals surface area contributed by atoms with Gasteiger partial charge in [0.15, 0.2) is 17.1 Å². The highest BCUT2D eigenvalue weighted by molar-refractivity contribution is 7.99. The Kier molecular flexibility index (Phi) is 7.95. The molecule has 1 aromatic carbocycles. The van der Waals surface area contributed by atoms with Gasteiger partial charge < -0.3 is 10.1 Å². The molecule has 7 nitrogen and oxygen atoms in total. The minimum Gasteiger partial charge on any atom is -0.482 e. The van der Waals surface area contributed by atoms with E-state index in [2.05, 4.69) is 27.1 Å². The summed E-state index contributed by atoms with van der Waals surface area (Å²) in [4.78, 5) is 16.3. The highest BCUT2D eigenvalue weighted by Gasteiger charge is 2.20. The summed E-state index contributed by atoms with van der Waals surface area (Å²) >= 11 is 13.1. The van der Waals surface area contributed by atoms with Gasteiger partial charge in [-0.25, -0.2) is 4.98 Å². The number of thioether (sulfide) groups is 1. The Hall–Kier alpha value is -2.55. The smallest absolute Gasteiger partial charge is 0.236 e. The number of allylic oxidation sites excluding steroid dienone is 1. The molecular formula is C21H21Cl2N5O2S. The Morgan fingerprint density at radius 1 is 1.29 bits per heavy atom. The number of ether oxygens (including phenoxy) is 1. The summed E-state index contributed by atoms with van der Waals surface area (Å²) < 4.78 is 7.95. The van der Waals surface area contributed by atoms with Crippen molar-refractivity contribution in [1.29, 1.82) is 0 Å². The van der Waals surface area contributed by atoms with Crippen molar-refractivity contribution in [1.82, 2.24) is 19.7 Å². The van der Waals surface area contributed by atoms with Gasteiger partial charge in [0.25, 0.3) is 0 Å². The van der Waals surface area contributed by atoms with Gasteiger partial charge in [-0.3, -0.25) is 9.36 Å². The first kappa shape index (κ1) is 23.1. The topological polar surface area (TPSA) is 81.9 Å². The molecule has 2 heterocycles. The highest BCUT2D eigenvalue weighted by atomic mass is 35.5. The van der Waals surface area contributed by atoms with Gasteiger partial charge in [-0.15, -0.1) is 16.8 Å². The number of hydrogen-bond acceptors (Lipinski definition) is 6. The van der Waals surface area contributed by atoms with Crippen LogP contribution in [0.1, 0.15) is 24.4 Å². The van der Waals surface area contributed by atoms with Crippen LogP contribution in [0, 0.1) is 6.92 Å². The van der Waals surface area contributed by atoms with Gasteiger partial charge in [0.05, 0.1) is 10.8 Å².